The Hall–Kier alpha value is -2.08. The Balaban J connectivity index is 1.71. The van der Waals surface area contributed by atoms with E-state index in [-0.39, 0.29) is 25.5 Å². The van der Waals surface area contributed by atoms with Gasteiger partial charge in [-0.25, -0.2) is 4.79 Å². The third-order valence-electron chi connectivity index (χ3n) is 3.73. The van der Waals surface area contributed by atoms with Crippen LogP contribution < -0.4 is 5.32 Å². The molecule has 0 saturated heterocycles. The minimum atomic E-state index is -0.900. The van der Waals surface area contributed by atoms with Crippen LogP contribution in [-0.2, 0) is 16.1 Å². The predicted molar refractivity (Wildman–Crippen MR) is 74.5 cm³/mol. The van der Waals surface area contributed by atoms with E-state index in [9.17, 15) is 14.7 Å². The highest BCUT2D eigenvalue weighted by molar-refractivity contribution is 5.70. The third kappa shape index (κ3) is 4.46. The number of aliphatic hydroxyl groups excluding tert-OH is 1. The lowest BCUT2D eigenvalue weighted by Gasteiger charge is -2.14. The maximum atomic E-state index is 11.6. The molecule has 1 aromatic rings. The van der Waals surface area contributed by atoms with E-state index in [0.29, 0.717) is 6.42 Å². The number of aliphatic hydroxyl groups is 1. The van der Waals surface area contributed by atoms with Crippen LogP contribution in [-0.4, -0.2) is 34.9 Å². The van der Waals surface area contributed by atoms with Crippen molar-refractivity contribution in [3.63, 3.8) is 0 Å². The second kappa shape index (κ2) is 7.08. The summed E-state index contributed by atoms with van der Waals surface area (Å²) in [5, 5.41) is 21.3. The zero-order valence-corrected chi connectivity index (χ0v) is 11.6. The van der Waals surface area contributed by atoms with Crippen molar-refractivity contribution in [2.45, 2.75) is 25.6 Å². The molecule has 0 spiro atoms. The summed E-state index contributed by atoms with van der Waals surface area (Å²) in [6, 6.07) is 9.30. The second-order valence-corrected chi connectivity index (χ2v) is 5.28. The van der Waals surface area contributed by atoms with E-state index in [1.165, 1.54) is 0 Å². The molecule has 0 radical (unpaired) electrons. The van der Waals surface area contributed by atoms with Crippen LogP contribution in [0.5, 0.6) is 0 Å². The summed E-state index contributed by atoms with van der Waals surface area (Å²) in [7, 11) is 0. The molecule has 21 heavy (non-hydrogen) atoms. The Kier molecular flexibility index (Phi) is 5.16. The fourth-order valence-corrected chi connectivity index (χ4v) is 2.51. The molecule has 1 aromatic carbocycles. The summed E-state index contributed by atoms with van der Waals surface area (Å²) in [6.45, 7) is 0.399. The number of ether oxygens (including phenoxy) is 1. The van der Waals surface area contributed by atoms with Crippen molar-refractivity contribution in [2.24, 2.45) is 11.8 Å². The van der Waals surface area contributed by atoms with E-state index in [2.05, 4.69) is 5.32 Å². The lowest BCUT2D eigenvalue weighted by atomic mass is 10.0. The van der Waals surface area contributed by atoms with Crippen molar-refractivity contribution >= 4 is 12.1 Å². The maximum Gasteiger partial charge on any atom is 0.407 e. The standard InChI is InChI=1S/C15H19NO5/c17-13-7-11(14(18)19)6-12(13)8-16-15(20)21-9-10-4-2-1-3-5-10/h1-5,11-13,17H,6-9H2,(H,16,20)(H,18,19)/t11-,12+,13+/m0/s1. The first-order valence-electron chi connectivity index (χ1n) is 6.91. The van der Waals surface area contributed by atoms with Gasteiger partial charge in [-0.05, 0) is 18.4 Å². The van der Waals surface area contributed by atoms with Gasteiger partial charge in [-0.15, -0.1) is 0 Å². The number of rotatable bonds is 5. The van der Waals surface area contributed by atoms with E-state index >= 15 is 0 Å². The molecule has 3 N–H and O–H groups in total. The number of carbonyl (C=O) groups is 2. The van der Waals surface area contributed by atoms with Crippen molar-refractivity contribution < 1.29 is 24.5 Å². The Bertz CT molecular complexity index is 490. The van der Waals surface area contributed by atoms with Gasteiger partial charge in [-0.1, -0.05) is 30.3 Å². The van der Waals surface area contributed by atoms with Crippen LogP contribution in [0.25, 0.3) is 0 Å². The van der Waals surface area contributed by atoms with E-state index < -0.39 is 24.1 Å². The van der Waals surface area contributed by atoms with Gasteiger partial charge < -0.3 is 20.3 Å². The largest absolute Gasteiger partial charge is 0.481 e. The minimum Gasteiger partial charge on any atom is -0.481 e. The summed E-state index contributed by atoms with van der Waals surface area (Å²) >= 11 is 0. The normalized spacial score (nSPS) is 24.5. The van der Waals surface area contributed by atoms with Crippen molar-refractivity contribution in [3.05, 3.63) is 35.9 Å². The molecule has 1 saturated carbocycles. The number of carboxylic acid groups (broad SMARTS) is 1. The zero-order chi connectivity index (χ0) is 15.2. The predicted octanol–water partition coefficient (Wildman–Crippen LogP) is 1.38. The van der Waals surface area contributed by atoms with Crippen LogP contribution in [0.4, 0.5) is 4.79 Å². The van der Waals surface area contributed by atoms with Gasteiger partial charge in [-0.3, -0.25) is 4.79 Å². The number of carbonyl (C=O) groups excluding carboxylic acids is 1. The molecular formula is C15H19NO5. The molecule has 0 aromatic heterocycles. The van der Waals surface area contributed by atoms with Crippen LogP contribution in [0, 0.1) is 11.8 Å². The van der Waals surface area contributed by atoms with Gasteiger partial charge in [0.15, 0.2) is 0 Å². The van der Waals surface area contributed by atoms with E-state index in [4.69, 9.17) is 9.84 Å². The van der Waals surface area contributed by atoms with Crippen molar-refractivity contribution in [3.8, 4) is 0 Å². The van der Waals surface area contributed by atoms with Crippen molar-refractivity contribution in [1.29, 1.82) is 0 Å². The van der Waals surface area contributed by atoms with E-state index in [0.717, 1.165) is 5.56 Å². The van der Waals surface area contributed by atoms with Crippen LogP contribution in [0.1, 0.15) is 18.4 Å². The molecule has 2 rings (SSSR count). The molecule has 6 nitrogen and oxygen atoms in total. The third-order valence-corrected chi connectivity index (χ3v) is 3.73. The quantitative estimate of drug-likeness (QED) is 0.762. The Morgan fingerprint density at radius 3 is 2.57 bits per heavy atom. The topological polar surface area (TPSA) is 95.9 Å². The minimum absolute atomic E-state index is 0.178. The van der Waals surface area contributed by atoms with Crippen LogP contribution >= 0.6 is 0 Å². The number of alkyl carbamates (subject to hydrolysis) is 1. The number of nitrogens with one attached hydrogen (secondary N) is 1. The van der Waals surface area contributed by atoms with Gasteiger partial charge in [0.2, 0.25) is 0 Å². The Labute approximate surface area is 122 Å². The molecule has 0 unspecified atom stereocenters. The van der Waals surface area contributed by atoms with E-state index in [1.807, 2.05) is 30.3 Å². The summed E-state index contributed by atoms with van der Waals surface area (Å²) in [6.07, 6.45) is -0.652. The SMILES string of the molecule is O=C(NC[C@H]1C[C@H](C(=O)O)C[C@H]1O)OCc1ccccc1. The molecule has 0 bridgehead atoms. The second-order valence-electron chi connectivity index (χ2n) is 5.28. The molecule has 6 heteroatoms. The monoisotopic (exact) mass is 293 g/mol. The smallest absolute Gasteiger partial charge is 0.407 e. The highest BCUT2D eigenvalue weighted by Crippen LogP contribution is 2.31. The highest BCUT2D eigenvalue weighted by Gasteiger charge is 2.36. The zero-order valence-electron chi connectivity index (χ0n) is 11.6. The average molecular weight is 293 g/mol. The fraction of sp³-hybridized carbons (Fsp3) is 0.467. The Morgan fingerprint density at radius 2 is 1.95 bits per heavy atom. The first-order chi connectivity index (χ1) is 10.1. The lowest BCUT2D eigenvalue weighted by Crippen LogP contribution is -2.32. The molecule has 1 aliphatic rings. The summed E-state index contributed by atoms with van der Waals surface area (Å²) in [5.74, 6) is -1.68. The summed E-state index contributed by atoms with van der Waals surface area (Å²) in [4.78, 5) is 22.4. The maximum absolute atomic E-state index is 11.6. The van der Waals surface area contributed by atoms with Gasteiger partial charge >= 0.3 is 12.1 Å². The van der Waals surface area contributed by atoms with Crippen LogP contribution in [0.3, 0.4) is 0 Å². The first kappa shape index (κ1) is 15.3. The first-order valence-corrected chi connectivity index (χ1v) is 6.91. The molecule has 1 aliphatic carbocycles. The number of aliphatic carboxylic acids is 1. The average Bonchev–Trinajstić information content (AvgIpc) is 2.85. The molecule has 0 heterocycles. The summed E-state index contributed by atoms with van der Waals surface area (Å²) in [5.41, 5.74) is 0.888. The van der Waals surface area contributed by atoms with Gasteiger partial charge in [0.1, 0.15) is 6.61 Å². The Morgan fingerprint density at radius 1 is 1.24 bits per heavy atom. The number of benzene rings is 1. The summed E-state index contributed by atoms with van der Waals surface area (Å²) < 4.78 is 5.05. The molecule has 1 amide bonds. The highest BCUT2D eigenvalue weighted by atomic mass is 16.5. The molecular weight excluding hydrogens is 274 g/mol. The van der Waals surface area contributed by atoms with Crippen molar-refractivity contribution in [2.75, 3.05) is 6.54 Å². The number of carboxylic acids is 1. The van der Waals surface area contributed by atoms with Gasteiger partial charge in [-0.2, -0.15) is 0 Å². The number of hydrogen-bond acceptors (Lipinski definition) is 4. The van der Waals surface area contributed by atoms with Crippen LogP contribution in [0.15, 0.2) is 30.3 Å². The van der Waals surface area contributed by atoms with Gasteiger partial charge in [0, 0.05) is 12.5 Å². The number of hydrogen-bond donors (Lipinski definition) is 3. The molecule has 3 atom stereocenters. The lowest BCUT2D eigenvalue weighted by molar-refractivity contribution is -0.141. The molecule has 0 aliphatic heterocycles. The fourth-order valence-electron chi connectivity index (χ4n) is 2.51. The van der Waals surface area contributed by atoms with E-state index in [1.54, 1.807) is 0 Å². The van der Waals surface area contributed by atoms with Gasteiger partial charge in [0.25, 0.3) is 0 Å². The molecule has 1 fully saturated rings. The number of amides is 1. The van der Waals surface area contributed by atoms with Crippen molar-refractivity contribution in [1.82, 2.24) is 5.32 Å². The van der Waals surface area contributed by atoms with Crippen LogP contribution in [0.2, 0.25) is 0 Å². The van der Waals surface area contributed by atoms with Gasteiger partial charge in [0.05, 0.1) is 12.0 Å². The molecule has 114 valence electrons.